The molecule has 0 aliphatic carbocycles. The van der Waals surface area contributed by atoms with Gasteiger partial charge in [0.25, 0.3) is 5.56 Å². The molecule has 0 unspecified atom stereocenters. The van der Waals surface area contributed by atoms with E-state index in [1.54, 1.807) is 23.1 Å². The van der Waals surface area contributed by atoms with Crippen molar-refractivity contribution < 1.29 is 4.74 Å². The third-order valence-electron chi connectivity index (χ3n) is 4.58. The van der Waals surface area contributed by atoms with Gasteiger partial charge >= 0.3 is 0 Å². The molecule has 0 radical (unpaired) electrons. The van der Waals surface area contributed by atoms with E-state index in [4.69, 9.17) is 4.74 Å². The number of benzene rings is 1. The Kier molecular flexibility index (Phi) is 4.07. The van der Waals surface area contributed by atoms with Gasteiger partial charge in [0.05, 0.1) is 29.6 Å². The number of ether oxygens (including phenoxy) is 1. The highest BCUT2D eigenvalue weighted by atomic mass is 32.1. The number of aryl methyl sites for hydroxylation is 1. The summed E-state index contributed by atoms with van der Waals surface area (Å²) in [6.45, 7) is 6.66. The lowest BCUT2D eigenvalue weighted by molar-refractivity contribution is 0.414. The van der Waals surface area contributed by atoms with E-state index in [1.165, 1.54) is 4.88 Å². The molecular formula is C20H21N3O2S. The summed E-state index contributed by atoms with van der Waals surface area (Å²) in [6, 6.07) is 10.1. The number of hydrogen-bond acceptors (Lipinski definition) is 4. The molecule has 26 heavy (non-hydrogen) atoms. The third-order valence-corrected chi connectivity index (χ3v) is 5.65. The third kappa shape index (κ3) is 2.61. The molecule has 0 spiro atoms. The summed E-state index contributed by atoms with van der Waals surface area (Å²) in [5, 5.41) is 5.32. The van der Waals surface area contributed by atoms with E-state index in [1.807, 2.05) is 38.2 Å². The monoisotopic (exact) mass is 367 g/mol. The van der Waals surface area contributed by atoms with Crippen molar-refractivity contribution in [1.29, 1.82) is 0 Å². The molecule has 0 aliphatic rings. The first-order chi connectivity index (χ1) is 12.5. The van der Waals surface area contributed by atoms with Crippen LogP contribution in [0.5, 0.6) is 5.75 Å². The summed E-state index contributed by atoms with van der Waals surface area (Å²) in [6.07, 6.45) is 1.83. The lowest BCUT2D eigenvalue weighted by Gasteiger charge is -2.11. The van der Waals surface area contributed by atoms with Crippen LogP contribution in [-0.4, -0.2) is 21.5 Å². The normalized spacial score (nSPS) is 11.7. The first-order valence-corrected chi connectivity index (χ1v) is 9.44. The van der Waals surface area contributed by atoms with E-state index >= 15 is 0 Å². The smallest absolute Gasteiger partial charge is 0.291 e. The highest BCUT2D eigenvalue weighted by Gasteiger charge is 2.19. The molecule has 6 heteroatoms. The van der Waals surface area contributed by atoms with Crippen molar-refractivity contribution in [2.24, 2.45) is 0 Å². The van der Waals surface area contributed by atoms with Crippen LogP contribution in [0.2, 0.25) is 0 Å². The minimum Gasteiger partial charge on any atom is -0.497 e. The lowest BCUT2D eigenvalue weighted by atomic mass is 10.2. The molecule has 134 valence electrons. The standard InChI is InChI=1S/C20H21N3O2S/c1-12(2)23-20(24)18-16(10-21-23)19-17(8-13(3)26-19)22(18)11-14-6-5-7-15(9-14)25-4/h5-10,12H,11H2,1-4H3. The van der Waals surface area contributed by atoms with Crippen LogP contribution in [0, 0.1) is 6.92 Å². The molecular weight excluding hydrogens is 346 g/mol. The van der Waals surface area contributed by atoms with Gasteiger partial charge in [0, 0.05) is 16.8 Å². The van der Waals surface area contributed by atoms with E-state index in [9.17, 15) is 4.79 Å². The van der Waals surface area contributed by atoms with Crippen LogP contribution < -0.4 is 10.3 Å². The zero-order valence-corrected chi connectivity index (χ0v) is 16.1. The van der Waals surface area contributed by atoms with Gasteiger partial charge in [-0.05, 0) is 44.5 Å². The van der Waals surface area contributed by atoms with Crippen molar-refractivity contribution in [3.8, 4) is 5.75 Å². The van der Waals surface area contributed by atoms with Crippen molar-refractivity contribution in [2.75, 3.05) is 7.11 Å². The molecule has 1 aromatic carbocycles. The molecule has 0 N–H and O–H groups in total. The molecule has 3 aromatic heterocycles. The Morgan fingerprint density at radius 2 is 2.08 bits per heavy atom. The van der Waals surface area contributed by atoms with Gasteiger partial charge in [0.15, 0.2) is 0 Å². The number of thiophene rings is 1. The summed E-state index contributed by atoms with van der Waals surface area (Å²) in [5.74, 6) is 0.818. The molecule has 4 rings (SSSR count). The van der Waals surface area contributed by atoms with E-state index in [0.29, 0.717) is 6.54 Å². The predicted octanol–water partition coefficient (Wildman–Crippen LogP) is 4.36. The Labute approximate surface area is 155 Å². The SMILES string of the molecule is COc1cccc(Cn2c3cc(C)sc3c3cnn(C(C)C)c(=O)c32)c1. The fourth-order valence-corrected chi connectivity index (χ4v) is 4.41. The average Bonchev–Trinajstić information content (AvgIpc) is 3.12. The molecule has 0 saturated heterocycles. The molecule has 0 saturated carbocycles. The summed E-state index contributed by atoms with van der Waals surface area (Å²) in [7, 11) is 1.66. The van der Waals surface area contributed by atoms with Crippen molar-refractivity contribution in [3.05, 3.63) is 57.3 Å². The summed E-state index contributed by atoms with van der Waals surface area (Å²) < 4.78 is 10.1. The molecule has 0 amide bonds. The van der Waals surface area contributed by atoms with E-state index in [2.05, 4.69) is 28.7 Å². The summed E-state index contributed by atoms with van der Waals surface area (Å²) >= 11 is 1.71. The minimum absolute atomic E-state index is 0.0202. The van der Waals surface area contributed by atoms with Gasteiger partial charge in [0.2, 0.25) is 0 Å². The molecule has 0 aliphatic heterocycles. The molecule has 5 nitrogen and oxygen atoms in total. The number of hydrogen-bond donors (Lipinski definition) is 0. The van der Waals surface area contributed by atoms with Crippen LogP contribution in [0.3, 0.4) is 0 Å². The number of methoxy groups -OCH3 is 1. The maximum absolute atomic E-state index is 13.1. The minimum atomic E-state index is -0.0403. The Morgan fingerprint density at radius 3 is 2.81 bits per heavy atom. The van der Waals surface area contributed by atoms with Gasteiger partial charge < -0.3 is 9.30 Å². The Balaban J connectivity index is 2.00. The molecule has 0 atom stereocenters. The Bertz CT molecular complexity index is 1170. The van der Waals surface area contributed by atoms with Gasteiger partial charge in [0.1, 0.15) is 11.3 Å². The first kappa shape index (κ1) is 16.8. The molecule has 0 fully saturated rings. The largest absolute Gasteiger partial charge is 0.497 e. The van der Waals surface area contributed by atoms with Gasteiger partial charge in [-0.3, -0.25) is 4.79 Å². The van der Waals surface area contributed by atoms with E-state index < -0.39 is 0 Å². The average molecular weight is 367 g/mol. The highest BCUT2D eigenvalue weighted by Crippen LogP contribution is 2.34. The first-order valence-electron chi connectivity index (χ1n) is 8.62. The van der Waals surface area contributed by atoms with Crippen LogP contribution in [-0.2, 0) is 6.54 Å². The van der Waals surface area contributed by atoms with Gasteiger partial charge in [-0.2, -0.15) is 5.10 Å². The van der Waals surface area contributed by atoms with Gasteiger partial charge in [-0.15, -0.1) is 11.3 Å². The second-order valence-electron chi connectivity index (χ2n) is 6.76. The summed E-state index contributed by atoms with van der Waals surface area (Å²) in [4.78, 5) is 14.3. The van der Waals surface area contributed by atoms with Crippen LogP contribution in [0.4, 0.5) is 0 Å². The second kappa shape index (κ2) is 6.29. The fraction of sp³-hybridized carbons (Fsp3) is 0.300. The fourth-order valence-electron chi connectivity index (χ4n) is 3.38. The van der Waals surface area contributed by atoms with Gasteiger partial charge in [-0.1, -0.05) is 12.1 Å². The van der Waals surface area contributed by atoms with Crippen LogP contribution in [0.1, 0.15) is 30.3 Å². The highest BCUT2D eigenvalue weighted by molar-refractivity contribution is 7.20. The van der Waals surface area contributed by atoms with Crippen LogP contribution in [0.15, 0.2) is 41.3 Å². The van der Waals surface area contributed by atoms with Gasteiger partial charge in [-0.25, -0.2) is 4.68 Å². The van der Waals surface area contributed by atoms with Crippen LogP contribution in [0.25, 0.3) is 21.1 Å². The zero-order chi connectivity index (χ0) is 18.4. The number of fused-ring (bicyclic) bond motifs is 3. The molecule has 3 heterocycles. The number of nitrogens with zero attached hydrogens (tertiary/aromatic N) is 3. The maximum Gasteiger partial charge on any atom is 0.291 e. The number of aromatic nitrogens is 3. The lowest BCUT2D eigenvalue weighted by Crippen LogP contribution is -2.26. The zero-order valence-electron chi connectivity index (χ0n) is 15.3. The van der Waals surface area contributed by atoms with Crippen LogP contribution >= 0.6 is 11.3 Å². The van der Waals surface area contributed by atoms with Crippen molar-refractivity contribution in [1.82, 2.24) is 14.3 Å². The van der Waals surface area contributed by atoms with Crippen molar-refractivity contribution >= 4 is 32.5 Å². The summed E-state index contributed by atoms with van der Waals surface area (Å²) in [5.41, 5.74) is 2.87. The molecule has 0 bridgehead atoms. The Hall–Kier alpha value is -2.60. The number of rotatable bonds is 4. The predicted molar refractivity (Wildman–Crippen MR) is 107 cm³/mol. The molecule has 4 aromatic rings. The quantitative estimate of drug-likeness (QED) is 0.538. The Morgan fingerprint density at radius 1 is 1.27 bits per heavy atom. The van der Waals surface area contributed by atoms with Crippen molar-refractivity contribution in [3.63, 3.8) is 0 Å². The maximum atomic E-state index is 13.1. The van der Waals surface area contributed by atoms with E-state index in [-0.39, 0.29) is 11.6 Å². The van der Waals surface area contributed by atoms with Crippen molar-refractivity contribution in [2.45, 2.75) is 33.4 Å². The second-order valence-corrected chi connectivity index (χ2v) is 8.02. The topological polar surface area (TPSA) is 49.0 Å². The van der Waals surface area contributed by atoms with E-state index in [0.717, 1.165) is 32.4 Å².